The van der Waals surface area contributed by atoms with Crippen molar-refractivity contribution in [3.63, 3.8) is 0 Å². The molecule has 0 spiro atoms. The molecule has 4 heterocycles. The molecule has 1 atom stereocenters. The van der Waals surface area contributed by atoms with E-state index in [2.05, 4.69) is 176 Å². The molecule has 2 bridgehead atoms. The standard InChI is InChI=1S/C44H62N6S2/c1-7-49-29-21-39(22-30-49)12-11-38-14-18-42(19-15-38)47(5)27-9-25-45(3)31-35-51-52-36-32-46(4)26-10-28-48(6)43-20-17-41-16-13-40-23-33-50(8-2,34-24-40)44(41)37-43/h11-24,29-30,33,37H,7-10,25-28,31-32,34-36H2,1-6H3/q+2/b16-13+. The van der Waals surface area contributed by atoms with Gasteiger partial charge in [-0.25, -0.2) is 4.57 Å². The third kappa shape index (κ3) is 11.6. The first-order valence-corrected chi connectivity index (χ1v) is 21.7. The molecule has 0 fully saturated rings. The summed E-state index contributed by atoms with van der Waals surface area (Å²) in [5.41, 5.74) is 9.12. The molecule has 6 nitrogen and oxygen atoms in total. The van der Waals surface area contributed by atoms with Crippen LogP contribution in [0.25, 0.3) is 18.2 Å². The minimum absolute atomic E-state index is 0.904. The number of quaternary nitrogens is 1. The Bertz CT molecular complexity index is 1660. The Labute approximate surface area is 323 Å². The fourth-order valence-corrected chi connectivity index (χ4v) is 8.94. The van der Waals surface area contributed by atoms with Gasteiger partial charge in [-0.15, -0.1) is 0 Å². The molecule has 0 saturated carbocycles. The Morgan fingerprint density at radius 2 is 1.27 bits per heavy atom. The number of aryl methyl sites for hydroxylation is 1. The lowest BCUT2D eigenvalue weighted by Gasteiger charge is -2.37. The highest BCUT2D eigenvalue weighted by atomic mass is 33.1. The molecule has 1 unspecified atom stereocenters. The van der Waals surface area contributed by atoms with Crippen molar-refractivity contribution in [3.05, 3.63) is 114 Å². The van der Waals surface area contributed by atoms with Gasteiger partial charge in [-0.05, 0) is 113 Å². The zero-order chi connectivity index (χ0) is 36.8. The van der Waals surface area contributed by atoms with E-state index in [0.717, 1.165) is 76.2 Å². The number of pyridine rings is 1. The summed E-state index contributed by atoms with van der Waals surface area (Å²) >= 11 is 0. The molecule has 0 N–H and O–H groups in total. The van der Waals surface area contributed by atoms with Crippen molar-refractivity contribution in [2.75, 3.05) is 102 Å². The minimum Gasteiger partial charge on any atom is -0.375 e. The molecule has 0 saturated heterocycles. The lowest BCUT2D eigenvalue weighted by Crippen LogP contribution is -2.46. The minimum atomic E-state index is 0.904. The van der Waals surface area contributed by atoms with Crippen LogP contribution in [-0.2, 0) is 6.54 Å². The number of nitrogens with zero attached hydrogens (tertiary/aromatic N) is 6. The SMILES string of the molecule is CC[n+]1ccc(/C=C/c2ccc(N(C)CCCN(C)CCSSCCN(C)CCCN(C)c3ccc4c(c3)[N+]3(CC)C=CC(=CC3)/C=C/4)cc2)cc1. The van der Waals surface area contributed by atoms with Gasteiger partial charge in [0.25, 0.3) is 0 Å². The van der Waals surface area contributed by atoms with Crippen molar-refractivity contribution in [3.8, 4) is 0 Å². The van der Waals surface area contributed by atoms with Gasteiger partial charge in [0.05, 0.1) is 6.54 Å². The maximum absolute atomic E-state index is 2.49. The van der Waals surface area contributed by atoms with Gasteiger partial charge in [-0.2, -0.15) is 0 Å². The van der Waals surface area contributed by atoms with E-state index in [-0.39, 0.29) is 0 Å². The van der Waals surface area contributed by atoms with Crippen molar-refractivity contribution in [2.45, 2.75) is 33.2 Å². The smallest absolute Gasteiger partial charge is 0.169 e. The molecular formula is C44H62N6S2+2. The van der Waals surface area contributed by atoms with E-state index in [4.69, 9.17) is 0 Å². The Morgan fingerprint density at radius 3 is 1.85 bits per heavy atom. The summed E-state index contributed by atoms with van der Waals surface area (Å²) in [5, 5.41) is 0. The number of rotatable bonds is 21. The van der Waals surface area contributed by atoms with Crippen molar-refractivity contribution in [1.82, 2.24) is 14.3 Å². The van der Waals surface area contributed by atoms with Gasteiger partial charge in [0.1, 0.15) is 25.0 Å². The second-order valence-electron chi connectivity index (χ2n) is 14.3. The van der Waals surface area contributed by atoms with Gasteiger partial charge in [-0.3, -0.25) is 4.48 Å². The molecule has 1 aromatic heterocycles. The van der Waals surface area contributed by atoms with E-state index in [0.29, 0.717) is 0 Å². The topological polar surface area (TPSA) is 16.8 Å². The summed E-state index contributed by atoms with van der Waals surface area (Å²) in [4.78, 5) is 9.77. The van der Waals surface area contributed by atoms with Crippen molar-refractivity contribution in [1.29, 1.82) is 0 Å². The molecule has 0 amide bonds. The van der Waals surface area contributed by atoms with Crippen molar-refractivity contribution in [2.24, 2.45) is 0 Å². The predicted octanol–water partition coefficient (Wildman–Crippen LogP) is 8.57. The van der Waals surface area contributed by atoms with Crippen LogP contribution in [0.3, 0.4) is 0 Å². The van der Waals surface area contributed by atoms with Gasteiger partial charge in [0, 0.05) is 86.9 Å². The van der Waals surface area contributed by atoms with Gasteiger partial charge < -0.3 is 19.6 Å². The molecule has 3 aliphatic rings. The number of likely N-dealkylation sites (N-methyl/N-ethyl adjacent to an activating group) is 1. The van der Waals surface area contributed by atoms with Crippen LogP contribution in [0.5, 0.6) is 0 Å². The summed E-state index contributed by atoms with van der Waals surface area (Å²) in [7, 11) is 13.0. The summed E-state index contributed by atoms with van der Waals surface area (Å²) in [6.45, 7) is 14.2. The first-order chi connectivity index (χ1) is 25.3. The van der Waals surface area contributed by atoms with E-state index in [1.54, 1.807) is 0 Å². The van der Waals surface area contributed by atoms with Crippen LogP contribution < -0.4 is 18.8 Å². The summed E-state index contributed by atoms with van der Waals surface area (Å²) in [5.74, 6) is 2.34. The normalized spacial score (nSPS) is 17.0. The maximum atomic E-state index is 2.49. The van der Waals surface area contributed by atoms with Gasteiger partial charge in [-0.1, -0.05) is 51.9 Å². The number of aromatic nitrogens is 1. The average molecular weight is 739 g/mol. The van der Waals surface area contributed by atoms with Crippen LogP contribution in [0.2, 0.25) is 0 Å². The zero-order valence-electron chi connectivity index (χ0n) is 32.6. The molecule has 2 aromatic carbocycles. The summed E-state index contributed by atoms with van der Waals surface area (Å²) in [6, 6.07) is 20.3. The molecule has 0 aliphatic carbocycles. The second kappa shape index (κ2) is 20.3. The largest absolute Gasteiger partial charge is 0.375 e. The van der Waals surface area contributed by atoms with Crippen LogP contribution in [0.4, 0.5) is 17.1 Å². The molecule has 0 radical (unpaired) electrons. The van der Waals surface area contributed by atoms with Crippen LogP contribution in [0, 0.1) is 0 Å². The quantitative estimate of drug-likeness (QED) is 0.0468. The molecule has 6 rings (SSSR count). The van der Waals surface area contributed by atoms with Gasteiger partial charge in [0.2, 0.25) is 0 Å². The fraction of sp³-hybridized carbons (Fsp3) is 0.432. The third-order valence-electron chi connectivity index (χ3n) is 10.5. The van der Waals surface area contributed by atoms with E-state index in [1.807, 2.05) is 21.6 Å². The zero-order valence-corrected chi connectivity index (χ0v) is 34.2. The molecule has 3 aliphatic heterocycles. The third-order valence-corrected chi connectivity index (χ3v) is 12.9. The lowest BCUT2D eigenvalue weighted by molar-refractivity contribution is -0.693. The highest BCUT2D eigenvalue weighted by Crippen LogP contribution is 2.37. The highest BCUT2D eigenvalue weighted by molar-refractivity contribution is 8.76. The summed E-state index contributed by atoms with van der Waals surface area (Å²) in [6.07, 6.45) is 22.5. The van der Waals surface area contributed by atoms with Crippen LogP contribution >= 0.6 is 21.6 Å². The number of benzene rings is 2. The first kappa shape index (κ1) is 39.9. The van der Waals surface area contributed by atoms with E-state index >= 15 is 0 Å². The Hall–Kier alpha value is -3.27. The Morgan fingerprint density at radius 1 is 0.673 bits per heavy atom. The summed E-state index contributed by atoms with van der Waals surface area (Å²) < 4.78 is 3.08. The average Bonchev–Trinajstić information content (AvgIpc) is 3.17. The lowest BCUT2D eigenvalue weighted by atomic mass is 10.0. The first-order valence-electron chi connectivity index (χ1n) is 19.2. The predicted molar refractivity (Wildman–Crippen MR) is 233 cm³/mol. The van der Waals surface area contributed by atoms with E-state index < -0.39 is 0 Å². The molecule has 278 valence electrons. The van der Waals surface area contributed by atoms with E-state index in [1.165, 1.54) is 50.8 Å². The van der Waals surface area contributed by atoms with E-state index in [9.17, 15) is 0 Å². The monoisotopic (exact) mass is 738 g/mol. The van der Waals surface area contributed by atoms with Crippen LogP contribution in [0.15, 0.2) is 97.0 Å². The highest BCUT2D eigenvalue weighted by Gasteiger charge is 2.31. The Kier molecular flexibility index (Phi) is 15.6. The van der Waals surface area contributed by atoms with Gasteiger partial charge >= 0.3 is 0 Å². The number of fused-ring (bicyclic) bond motifs is 1. The van der Waals surface area contributed by atoms with Gasteiger partial charge in [0.15, 0.2) is 12.4 Å². The molecule has 52 heavy (non-hydrogen) atoms. The maximum Gasteiger partial charge on any atom is 0.169 e. The van der Waals surface area contributed by atoms with Crippen LogP contribution in [-0.4, -0.2) is 102 Å². The fourth-order valence-electron chi connectivity index (χ4n) is 6.78. The molecule has 3 aromatic rings. The van der Waals surface area contributed by atoms with Crippen LogP contribution in [0.1, 0.15) is 43.4 Å². The number of hydrogen-bond acceptors (Lipinski definition) is 6. The molecule has 8 heteroatoms. The number of allylic oxidation sites excluding steroid dienone is 3. The molecular weight excluding hydrogens is 677 g/mol. The number of hydrogen-bond donors (Lipinski definition) is 0. The number of anilines is 2. The van der Waals surface area contributed by atoms with Crippen molar-refractivity contribution < 1.29 is 4.57 Å². The van der Waals surface area contributed by atoms with Crippen molar-refractivity contribution >= 4 is 56.9 Å². The Balaban J connectivity index is 0.901. The second-order valence-corrected chi connectivity index (χ2v) is 17.0.